The van der Waals surface area contributed by atoms with E-state index in [-0.39, 0.29) is 18.8 Å². The zero-order valence-corrected chi connectivity index (χ0v) is 24.8. The van der Waals surface area contributed by atoms with E-state index in [2.05, 4.69) is 10.2 Å². The molecule has 7 N–H and O–H groups in total. The van der Waals surface area contributed by atoms with Crippen molar-refractivity contribution in [2.24, 2.45) is 11.8 Å². The van der Waals surface area contributed by atoms with E-state index in [4.69, 9.17) is 0 Å². The minimum absolute atomic E-state index is 0.0541. The van der Waals surface area contributed by atoms with Crippen LogP contribution in [0.5, 0.6) is 5.75 Å². The van der Waals surface area contributed by atoms with Gasteiger partial charge in [0.2, 0.25) is 5.78 Å². The van der Waals surface area contributed by atoms with E-state index in [0.29, 0.717) is 13.0 Å². The number of likely N-dealkylation sites (tertiary alicyclic amines) is 1. The first-order valence-corrected chi connectivity index (χ1v) is 14.4. The normalized spacial score (nSPS) is 33.4. The number of Topliss-reactive ketones (excluding diaryl/α,β-unsaturated/α-hetero) is 2. The molecule has 0 aromatic heterocycles. The average molecular weight is 633 g/mol. The number of nitrogens with zero attached hydrogens (tertiary/aromatic N) is 3. The van der Waals surface area contributed by atoms with E-state index < -0.39 is 97.8 Å². The standard InChI is InChI=1S/C29H36N4O12/c1-28(41)14-8-6-9-15(34)16(14)22(35)17-19(28)24(37)20-21(31(2)3)23(36)18(26(39)29(20,42)25(17)38)27(40)30-12-32-10-5-4-7-13(32)11-45-33(43)44/h6,8-9,13,19-21,24,34,36-38,41-42H,4-5,7,10-12H2,1-3H3,(H,30,40)/t13?,19-,20-,21+,24+,28?,29+/m1/s1. The second-order valence-corrected chi connectivity index (χ2v) is 12.3. The quantitative estimate of drug-likeness (QED) is 0.113. The van der Waals surface area contributed by atoms with Crippen molar-refractivity contribution in [3.05, 3.63) is 62.1 Å². The summed E-state index contributed by atoms with van der Waals surface area (Å²) in [5, 5.41) is 81.1. The highest BCUT2D eigenvalue weighted by Gasteiger charge is 2.69. The smallest absolute Gasteiger partial charge is 0.294 e. The molecule has 1 heterocycles. The predicted molar refractivity (Wildman–Crippen MR) is 152 cm³/mol. The van der Waals surface area contributed by atoms with E-state index in [1.54, 1.807) is 4.90 Å². The molecule has 1 aliphatic heterocycles. The molecule has 4 aliphatic rings. The van der Waals surface area contributed by atoms with Gasteiger partial charge in [-0.15, -0.1) is 10.1 Å². The number of aliphatic hydroxyl groups is 5. The van der Waals surface area contributed by atoms with Crippen molar-refractivity contribution in [1.82, 2.24) is 15.1 Å². The number of rotatable bonds is 7. The van der Waals surface area contributed by atoms with Crippen LogP contribution in [0.1, 0.15) is 42.1 Å². The Morgan fingerprint density at radius 2 is 1.89 bits per heavy atom. The Morgan fingerprint density at radius 1 is 1.20 bits per heavy atom. The summed E-state index contributed by atoms with van der Waals surface area (Å²) >= 11 is 0. The van der Waals surface area contributed by atoms with Crippen LogP contribution in [0.15, 0.2) is 40.9 Å². The summed E-state index contributed by atoms with van der Waals surface area (Å²) in [6.07, 6.45) is 0.0930. The van der Waals surface area contributed by atoms with Crippen LogP contribution in [-0.2, 0) is 20.0 Å². The van der Waals surface area contributed by atoms with Gasteiger partial charge in [-0.3, -0.25) is 24.2 Å². The highest BCUT2D eigenvalue weighted by Crippen LogP contribution is 2.56. The summed E-state index contributed by atoms with van der Waals surface area (Å²) in [5.41, 5.74) is -7.31. The highest BCUT2D eigenvalue weighted by molar-refractivity contribution is 6.25. The number of piperidine rings is 1. The molecule has 45 heavy (non-hydrogen) atoms. The van der Waals surface area contributed by atoms with E-state index in [0.717, 1.165) is 12.8 Å². The molecular formula is C29H36N4O12. The Kier molecular flexibility index (Phi) is 8.16. The van der Waals surface area contributed by atoms with Gasteiger partial charge in [-0.05, 0) is 45.5 Å². The Balaban J connectivity index is 1.56. The van der Waals surface area contributed by atoms with Crippen molar-refractivity contribution < 1.29 is 54.9 Å². The fraction of sp³-hybridized carbons (Fsp3) is 0.552. The van der Waals surface area contributed by atoms with Gasteiger partial charge in [-0.25, -0.2) is 0 Å². The molecule has 0 bridgehead atoms. The number of hydrogen-bond donors (Lipinski definition) is 7. The maximum absolute atomic E-state index is 14.0. The van der Waals surface area contributed by atoms with Crippen LogP contribution < -0.4 is 5.32 Å². The van der Waals surface area contributed by atoms with E-state index >= 15 is 0 Å². The summed E-state index contributed by atoms with van der Waals surface area (Å²) in [6, 6.07) is 2.01. The molecule has 244 valence electrons. The molecule has 0 radical (unpaired) electrons. The first-order valence-electron chi connectivity index (χ1n) is 14.4. The second kappa shape index (κ2) is 11.4. The Bertz CT molecular complexity index is 1520. The predicted octanol–water partition coefficient (Wildman–Crippen LogP) is -0.592. The van der Waals surface area contributed by atoms with Gasteiger partial charge in [0, 0.05) is 12.6 Å². The van der Waals surface area contributed by atoms with Crippen LogP contribution in [-0.4, -0.2) is 121 Å². The lowest BCUT2D eigenvalue weighted by atomic mass is 9.54. The van der Waals surface area contributed by atoms with Crippen molar-refractivity contribution in [1.29, 1.82) is 0 Å². The summed E-state index contributed by atoms with van der Waals surface area (Å²) < 4.78 is 0. The molecule has 1 saturated heterocycles. The Hall–Kier alpha value is -4.09. The second-order valence-electron chi connectivity index (χ2n) is 12.3. The number of aromatic hydroxyl groups is 1. The molecule has 0 saturated carbocycles. The summed E-state index contributed by atoms with van der Waals surface area (Å²) in [7, 11) is 2.86. The fourth-order valence-corrected chi connectivity index (χ4v) is 7.45. The van der Waals surface area contributed by atoms with Gasteiger partial charge >= 0.3 is 0 Å². The first kappa shape index (κ1) is 32.3. The van der Waals surface area contributed by atoms with Crippen molar-refractivity contribution in [2.75, 3.05) is 33.9 Å². The molecule has 0 spiro atoms. The van der Waals surface area contributed by atoms with Gasteiger partial charge in [0.1, 0.15) is 29.4 Å². The third kappa shape index (κ3) is 4.84. The number of ketones is 2. The molecule has 1 amide bonds. The lowest BCUT2D eigenvalue weighted by molar-refractivity contribution is -0.758. The van der Waals surface area contributed by atoms with Crippen LogP contribution in [0.3, 0.4) is 0 Å². The number of amides is 1. The molecule has 3 aliphatic carbocycles. The van der Waals surface area contributed by atoms with Crippen molar-refractivity contribution >= 4 is 17.5 Å². The molecule has 5 rings (SSSR count). The summed E-state index contributed by atoms with van der Waals surface area (Å²) in [6.45, 7) is 1.22. The number of phenolic OH excluding ortho intramolecular Hbond substituents is 1. The number of likely N-dealkylation sites (N-methyl/N-ethyl adjacent to an activating group) is 1. The van der Waals surface area contributed by atoms with Crippen LogP contribution >= 0.6 is 0 Å². The van der Waals surface area contributed by atoms with Gasteiger partial charge in [0.05, 0.1) is 47.4 Å². The average Bonchev–Trinajstić information content (AvgIpc) is 2.97. The van der Waals surface area contributed by atoms with Gasteiger partial charge in [0.25, 0.3) is 11.0 Å². The zero-order chi connectivity index (χ0) is 33.2. The fourth-order valence-electron chi connectivity index (χ4n) is 7.45. The van der Waals surface area contributed by atoms with E-state index in [1.807, 2.05) is 0 Å². The third-order valence-corrected chi connectivity index (χ3v) is 9.58. The maximum Gasteiger partial charge on any atom is 0.294 e. The summed E-state index contributed by atoms with van der Waals surface area (Å²) in [4.78, 5) is 59.5. The minimum Gasteiger partial charge on any atom is -0.510 e. The number of benzene rings is 1. The molecule has 16 heteroatoms. The van der Waals surface area contributed by atoms with Gasteiger partial charge < -0.3 is 40.8 Å². The molecule has 2 unspecified atom stereocenters. The Morgan fingerprint density at radius 3 is 2.53 bits per heavy atom. The monoisotopic (exact) mass is 632 g/mol. The number of hydrogen-bond acceptors (Lipinski definition) is 14. The van der Waals surface area contributed by atoms with Crippen molar-refractivity contribution in [3.8, 4) is 5.75 Å². The maximum atomic E-state index is 14.0. The summed E-state index contributed by atoms with van der Waals surface area (Å²) in [5.74, 6) is -9.65. The number of nitrogens with one attached hydrogen (secondary N) is 1. The molecule has 16 nitrogen and oxygen atoms in total. The molecular weight excluding hydrogens is 596 g/mol. The number of carbonyl (C=O) groups is 3. The minimum atomic E-state index is -3.11. The molecule has 1 aromatic rings. The molecule has 1 aromatic carbocycles. The lowest BCUT2D eigenvalue weighted by Gasteiger charge is -2.55. The lowest BCUT2D eigenvalue weighted by Crippen LogP contribution is -2.70. The van der Waals surface area contributed by atoms with Crippen LogP contribution in [0.25, 0.3) is 0 Å². The van der Waals surface area contributed by atoms with Gasteiger partial charge in [-0.2, -0.15) is 0 Å². The van der Waals surface area contributed by atoms with Crippen molar-refractivity contribution in [3.63, 3.8) is 0 Å². The van der Waals surface area contributed by atoms with Crippen LogP contribution in [0.2, 0.25) is 0 Å². The largest absolute Gasteiger partial charge is 0.510 e. The number of aliphatic hydroxyl groups excluding tert-OH is 3. The number of carbonyl (C=O) groups excluding carboxylic acids is 3. The van der Waals surface area contributed by atoms with Crippen LogP contribution in [0.4, 0.5) is 0 Å². The van der Waals surface area contributed by atoms with E-state index in [9.17, 15) is 55.1 Å². The van der Waals surface area contributed by atoms with Crippen molar-refractivity contribution in [2.45, 2.75) is 55.6 Å². The topological polar surface area (TPSA) is 243 Å². The van der Waals surface area contributed by atoms with Crippen LogP contribution in [0, 0.1) is 22.0 Å². The third-order valence-electron chi connectivity index (χ3n) is 9.58. The number of phenols is 1. The highest BCUT2D eigenvalue weighted by atomic mass is 16.9. The van der Waals surface area contributed by atoms with Gasteiger partial charge in [0.15, 0.2) is 11.4 Å². The first-order chi connectivity index (χ1) is 21.1. The SMILES string of the molecule is CN(C)[C@@H]1C(O)=C(C(=O)NCN2CCCCC2CO[N+](=O)[O-])C(=O)[C@@]2(O)C(O)=C3C(=O)c4c(O)cccc4C(C)(O)[C@H]3[C@H](O)[C@@H]12. The zero-order valence-electron chi connectivity index (χ0n) is 24.8. The van der Waals surface area contributed by atoms with Gasteiger partial charge in [-0.1, -0.05) is 18.6 Å². The Labute approximate surface area is 256 Å². The molecule has 1 fully saturated rings. The number of fused-ring (bicyclic) bond motifs is 3. The van der Waals surface area contributed by atoms with E-state index in [1.165, 1.54) is 44.1 Å². The molecule has 7 atom stereocenters.